The van der Waals surface area contributed by atoms with Crippen molar-refractivity contribution in [1.29, 1.82) is 0 Å². The monoisotopic (exact) mass is 364 g/mol. The number of methoxy groups -OCH3 is 1. The normalized spacial score (nSPS) is 19.7. The molecule has 1 aliphatic heterocycles. The van der Waals surface area contributed by atoms with Gasteiger partial charge < -0.3 is 18.8 Å². The Bertz CT molecular complexity index is 639. The van der Waals surface area contributed by atoms with Crippen LogP contribution in [0.1, 0.15) is 53.5 Å². The van der Waals surface area contributed by atoms with E-state index in [1.165, 1.54) is 0 Å². The standard InChI is InChI=1S/C20H30BFO4/c1-14(2)24-13-12-16(15-10-8-9-11-17(15)23-7)18(22)21-25-19(3,4)20(5,6)26-21/h8-11,14H,12-13H2,1-7H3. The number of para-hydroxylation sites is 1. The fourth-order valence-electron chi connectivity index (χ4n) is 2.76. The van der Waals surface area contributed by atoms with Gasteiger partial charge >= 0.3 is 7.12 Å². The minimum atomic E-state index is -1.04. The summed E-state index contributed by atoms with van der Waals surface area (Å²) in [4.78, 5) is 0. The third-order valence-electron chi connectivity index (χ3n) is 4.98. The Hall–Kier alpha value is -1.37. The van der Waals surface area contributed by atoms with Crippen LogP contribution in [0.25, 0.3) is 5.57 Å². The number of halogens is 1. The molecule has 0 aromatic heterocycles. The lowest BCUT2D eigenvalue weighted by atomic mass is 9.81. The average Bonchev–Trinajstić information content (AvgIpc) is 2.79. The summed E-state index contributed by atoms with van der Waals surface area (Å²) in [5.41, 5.74) is -0.457. The smallest absolute Gasteiger partial charge is 0.496 e. The van der Waals surface area contributed by atoms with E-state index in [1.54, 1.807) is 7.11 Å². The highest BCUT2D eigenvalue weighted by atomic mass is 19.1. The van der Waals surface area contributed by atoms with Crippen molar-refractivity contribution in [2.45, 2.75) is 65.3 Å². The lowest BCUT2D eigenvalue weighted by Gasteiger charge is -2.32. The minimum absolute atomic E-state index is 0.0776. The molecule has 1 heterocycles. The van der Waals surface area contributed by atoms with E-state index in [4.69, 9.17) is 18.8 Å². The molecule has 6 heteroatoms. The molecule has 144 valence electrons. The van der Waals surface area contributed by atoms with Crippen LogP contribution in [0.4, 0.5) is 4.39 Å². The molecule has 0 amide bonds. The van der Waals surface area contributed by atoms with Crippen LogP contribution in [0.5, 0.6) is 5.75 Å². The lowest BCUT2D eigenvalue weighted by Crippen LogP contribution is -2.41. The predicted molar refractivity (Wildman–Crippen MR) is 103 cm³/mol. The average molecular weight is 364 g/mol. The van der Waals surface area contributed by atoms with Crippen LogP contribution in [-0.4, -0.2) is 38.1 Å². The van der Waals surface area contributed by atoms with Gasteiger partial charge in [-0.1, -0.05) is 18.2 Å². The summed E-state index contributed by atoms with van der Waals surface area (Å²) in [6, 6.07) is 7.38. The first kappa shape index (κ1) is 20.9. The summed E-state index contributed by atoms with van der Waals surface area (Å²) in [5, 5.41) is 0. The zero-order valence-corrected chi connectivity index (χ0v) is 16.9. The van der Waals surface area contributed by atoms with E-state index in [0.29, 0.717) is 29.9 Å². The molecule has 0 radical (unpaired) electrons. The molecule has 0 unspecified atom stereocenters. The van der Waals surface area contributed by atoms with Gasteiger partial charge in [0.2, 0.25) is 0 Å². The molecule has 0 spiro atoms. The van der Waals surface area contributed by atoms with E-state index in [2.05, 4.69) is 0 Å². The van der Waals surface area contributed by atoms with Gasteiger partial charge in [0.15, 0.2) is 0 Å². The first-order valence-electron chi connectivity index (χ1n) is 9.08. The highest BCUT2D eigenvalue weighted by molar-refractivity contribution is 6.55. The highest BCUT2D eigenvalue weighted by Crippen LogP contribution is 2.41. The second kappa shape index (κ2) is 8.11. The number of benzene rings is 1. The zero-order chi connectivity index (χ0) is 19.5. The molecule has 1 saturated heterocycles. The van der Waals surface area contributed by atoms with Crippen LogP contribution < -0.4 is 4.74 Å². The summed E-state index contributed by atoms with van der Waals surface area (Å²) in [6.07, 6.45) is 0.475. The van der Waals surface area contributed by atoms with Crippen LogP contribution in [0.2, 0.25) is 0 Å². The second-order valence-corrected chi connectivity index (χ2v) is 7.78. The summed E-state index contributed by atoms with van der Waals surface area (Å²) >= 11 is 0. The zero-order valence-electron chi connectivity index (χ0n) is 16.9. The van der Waals surface area contributed by atoms with Gasteiger partial charge in [-0.05, 0) is 59.6 Å². The van der Waals surface area contributed by atoms with E-state index >= 15 is 4.39 Å². The molecule has 2 rings (SSSR count). The lowest BCUT2D eigenvalue weighted by molar-refractivity contribution is 0.00578. The van der Waals surface area contributed by atoms with Crippen molar-refractivity contribution >= 4 is 12.7 Å². The molecule has 0 aliphatic carbocycles. The number of hydrogen-bond donors (Lipinski definition) is 0. The molecule has 0 bridgehead atoms. The molecule has 1 aromatic rings. The first-order chi connectivity index (χ1) is 12.1. The SMILES string of the molecule is COc1ccccc1C(CCOC(C)C)=C(F)B1OC(C)(C)C(C)(C)O1. The third kappa shape index (κ3) is 4.48. The highest BCUT2D eigenvalue weighted by Gasteiger charge is 2.53. The van der Waals surface area contributed by atoms with Crippen molar-refractivity contribution in [3.63, 3.8) is 0 Å². The fraction of sp³-hybridized carbons (Fsp3) is 0.600. The van der Waals surface area contributed by atoms with Gasteiger partial charge in [-0.3, -0.25) is 0 Å². The molecule has 4 nitrogen and oxygen atoms in total. The van der Waals surface area contributed by atoms with Gasteiger partial charge in [0.25, 0.3) is 0 Å². The molecule has 1 aromatic carbocycles. The first-order valence-corrected chi connectivity index (χ1v) is 9.08. The van der Waals surface area contributed by atoms with Crippen molar-refractivity contribution < 1.29 is 23.2 Å². The van der Waals surface area contributed by atoms with Crippen LogP contribution >= 0.6 is 0 Å². The van der Waals surface area contributed by atoms with Gasteiger partial charge in [-0.2, -0.15) is 0 Å². The number of ether oxygens (including phenoxy) is 2. The van der Waals surface area contributed by atoms with E-state index in [0.717, 1.165) is 0 Å². The van der Waals surface area contributed by atoms with Crippen LogP contribution in [0.15, 0.2) is 30.0 Å². The van der Waals surface area contributed by atoms with Gasteiger partial charge in [-0.25, -0.2) is 4.39 Å². The maximum atomic E-state index is 15.5. The Labute approximate surface area is 156 Å². The summed E-state index contributed by atoms with van der Waals surface area (Å²) in [6.45, 7) is 11.9. The summed E-state index contributed by atoms with van der Waals surface area (Å²) in [5.74, 6) is 0.610. The van der Waals surface area contributed by atoms with Crippen molar-refractivity contribution in [1.82, 2.24) is 0 Å². The molecule has 0 saturated carbocycles. The van der Waals surface area contributed by atoms with Gasteiger partial charge in [0, 0.05) is 5.56 Å². The second-order valence-electron chi connectivity index (χ2n) is 7.78. The van der Waals surface area contributed by atoms with Crippen LogP contribution in [-0.2, 0) is 14.0 Å². The van der Waals surface area contributed by atoms with Crippen LogP contribution in [0, 0.1) is 0 Å². The minimum Gasteiger partial charge on any atom is -0.496 e. The predicted octanol–water partition coefficient (Wildman–Crippen LogP) is 4.82. The molecule has 1 aliphatic rings. The summed E-state index contributed by atoms with van der Waals surface area (Å²) < 4.78 is 38.4. The van der Waals surface area contributed by atoms with Gasteiger partial charge in [-0.15, -0.1) is 0 Å². The van der Waals surface area contributed by atoms with Crippen molar-refractivity contribution in [3.8, 4) is 5.75 Å². The third-order valence-corrected chi connectivity index (χ3v) is 4.98. The Morgan fingerprint density at radius 2 is 1.69 bits per heavy atom. The molecule has 1 fully saturated rings. The van der Waals surface area contributed by atoms with E-state index in [9.17, 15) is 0 Å². The Balaban J connectivity index is 2.40. The maximum Gasteiger partial charge on any atom is 0.525 e. The number of hydrogen-bond acceptors (Lipinski definition) is 4. The van der Waals surface area contributed by atoms with Gasteiger partial charge in [0.05, 0.1) is 31.0 Å². The Kier molecular flexibility index (Phi) is 6.53. The molecule has 0 atom stereocenters. The quantitative estimate of drug-likeness (QED) is 0.650. The summed E-state index contributed by atoms with van der Waals surface area (Å²) in [7, 11) is 0.535. The van der Waals surface area contributed by atoms with Crippen molar-refractivity contribution in [3.05, 3.63) is 35.6 Å². The van der Waals surface area contributed by atoms with Crippen molar-refractivity contribution in [2.75, 3.05) is 13.7 Å². The van der Waals surface area contributed by atoms with E-state index in [-0.39, 0.29) is 6.10 Å². The number of rotatable bonds is 7. The Morgan fingerprint density at radius 1 is 1.12 bits per heavy atom. The topological polar surface area (TPSA) is 36.9 Å². The molecule has 0 N–H and O–H groups in total. The van der Waals surface area contributed by atoms with Crippen molar-refractivity contribution in [2.24, 2.45) is 0 Å². The largest absolute Gasteiger partial charge is 0.525 e. The van der Waals surface area contributed by atoms with Gasteiger partial charge in [0.1, 0.15) is 11.5 Å². The van der Waals surface area contributed by atoms with E-state index < -0.39 is 24.0 Å². The van der Waals surface area contributed by atoms with Crippen LogP contribution in [0.3, 0.4) is 0 Å². The molecule has 26 heavy (non-hydrogen) atoms. The molecular formula is C20H30BFO4. The Morgan fingerprint density at radius 3 is 2.23 bits per heavy atom. The molecular weight excluding hydrogens is 334 g/mol. The van der Waals surface area contributed by atoms with E-state index in [1.807, 2.05) is 65.8 Å². The fourth-order valence-corrected chi connectivity index (χ4v) is 2.76. The maximum absolute atomic E-state index is 15.5.